The summed E-state index contributed by atoms with van der Waals surface area (Å²) < 4.78 is 12.9. The van der Waals surface area contributed by atoms with E-state index < -0.39 is 0 Å². The molecule has 0 aliphatic rings. The zero-order chi connectivity index (χ0) is 13.4. The number of pyridine rings is 2. The Morgan fingerprint density at radius 3 is 2.63 bits per heavy atom. The van der Waals surface area contributed by atoms with Gasteiger partial charge in [-0.15, -0.1) is 0 Å². The Morgan fingerprint density at radius 1 is 1.16 bits per heavy atom. The first-order chi connectivity index (χ1) is 9.16. The zero-order valence-corrected chi connectivity index (χ0v) is 10.3. The average molecular weight is 254 g/mol. The molecule has 19 heavy (non-hydrogen) atoms. The van der Waals surface area contributed by atoms with Crippen LogP contribution in [-0.4, -0.2) is 9.97 Å². The van der Waals surface area contributed by atoms with E-state index in [0.29, 0.717) is 22.2 Å². The molecule has 3 nitrogen and oxygen atoms in total. The molecule has 0 radical (unpaired) electrons. The van der Waals surface area contributed by atoms with E-state index in [-0.39, 0.29) is 11.2 Å². The predicted octanol–water partition coefficient (Wildman–Crippen LogP) is 3.04. The first-order valence-corrected chi connectivity index (χ1v) is 5.90. The molecule has 94 valence electrons. The Labute approximate surface area is 108 Å². The molecule has 1 aromatic carbocycles. The molecule has 2 aromatic heterocycles. The number of aryl methyl sites for hydroxylation is 1. The summed E-state index contributed by atoms with van der Waals surface area (Å²) in [5.41, 5.74) is 2.55. The van der Waals surface area contributed by atoms with E-state index in [2.05, 4.69) is 9.97 Å². The van der Waals surface area contributed by atoms with Crippen molar-refractivity contribution in [2.75, 3.05) is 0 Å². The van der Waals surface area contributed by atoms with Gasteiger partial charge >= 0.3 is 0 Å². The second kappa shape index (κ2) is 4.31. The molecule has 0 atom stereocenters. The second-order valence-electron chi connectivity index (χ2n) is 4.36. The number of aromatic nitrogens is 2. The number of benzene rings is 1. The number of nitrogens with zero attached hydrogens (tertiary/aromatic N) is 1. The van der Waals surface area contributed by atoms with E-state index in [1.54, 1.807) is 37.5 Å². The summed E-state index contributed by atoms with van der Waals surface area (Å²) >= 11 is 0. The van der Waals surface area contributed by atoms with Crippen molar-refractivity contribution >= 4 is 10.9 Å². The van der Waals surface area contributed by atoms with Gasteiger partial charge in [-0.2, -0.15) is 0 Å². The van der Waals surface area contributed by atoms with Gasteiger partial charge in [0.15, 0.2) is 5.43 Å². The van der Waals surface area contributed by atoms with Gasteiger partial charge in [0.05, 0.1) is 16.6 Å². The molecule has 2 heterocycles. The summed E-state index contributed by atoms with van der Waals surface area (Å²) in [4.78, 5) is 19.7. The molecule has 0 aliphatic heterocycles. The van der Waals surface area contributed by atoms with Crippen LogP contribution in [0.1, 0.15) is 5.69 Å². The van der Waals surface area contributed by atoms with Crippen molar-refractivity contribution in [2.45, 2.75) is 6.92 Å². The largest absolute Gasteiger partial charge is 0.360 e. The van der Waals surface area contributed by atoms with Crippen molar-refractivity contribution in [3.63, 3.8) is 0 Å². The van der Waals surface area contributed by atoms with Gasteiger partial charge < -0.3 is 4.98 Å². The van der Waals surface area contributed by atoms with Crippen molar-refractivity contribution in [1.82, 2.24) is 9.97 Å². The van der Waals surface area contributed by atoms with Crippen molar-refractivity contribution in [3.8, 4) is 11.1 Å². The van der Waals surface area contributed by atoms with Crippen LogP contribution < -0.4 is 5.43 Å². The fraction of sp³-hybridized carbons (Fsp3) is 0.0667. The summed E-state index contributed by atoms with van der Waals surface area (Å²) in [6, 6.07) is 7.64. The van der Waals surface area contributed by atoms with Crippen LogP contribution in [0.25, 0.3) is 22.0 Å². The van der Waals surface area contributed by atoms with Crippen LogP contribution in [0.3, 0.4) is 0 Å². The quantitative estimate of drug-likeness (QED) is 0.725. The van der Waals surface area contributed by atoms with E-state index >= 15 is 0 Å². The van der Waals surface area contributed by atoms with Gasteiger partial charge in [0.25, 0.3) is 0 Å². The van der Waals surface area contributed by atoms with Crippen molar-refractivity contribution < 1.29 is 4.39 Å². The Balaban J connectivity index is 2.32. The van der Waals surface area contributed by atoms with E-state index in [1.807, 2.05) is 0 Å². The molecule has 0 bridgehead atoms. The monoisotopic (exact) mass is 254 g/mol. The number of halogens is 1. The second-order valence-corrected chi connectivity index (χ2v) is 4.36. The van der Waals surface area contributed by atoms with Gasteiger partial charge in [-0.05, 0) is 30.7 Å². The summed E-state index contributed by atoms with van der Waals surface area (Å²) in [5, 5.41) is 0.573. The van der Waals surface area contributed by atoms with Crippen molar-refractivity contribution in [2.24, 2.45) is 0 Å². The molecule has 0 unspecified atom stereocenters. The minimum atomic E-state index is -0.321. The maximum Gasteiger partial charge on any atom is 0.199 e. The number of rotatable bonds is 1. The lowest BCUT2D eigenvalue weighted by molar-refractivity contribution is 0.628. The predicted molar refractivity (Wildman–Crippen MR) is 72.5 cm³/mol. The van der Waals surface area contributed by atoms with E-state index in [4.69, 9.17) is 0 Å². The molecule has 0 spiro atoms. The Kier molecular flexibility index (Phi) is 2.63. The highest BCUT2D eigenvalue weighted by Gasteiger charge is 2.09. The number of H-pyrrole nitrogens is 1. The highest BCUT2D eigenvalue weighted by molar-refractivity contribution is 5.84. The highest BCUT2D eigenvalue weighted by atomic mass is 19.1. The molecule has 0 aliphatic carbocycles. The molecule has 0 saturated heterocycles. The van der Waals surface area contributed by atoms with Crippen LogP contribution in [0.15, 0.2) is 47.5 Å². The topological polar surface area (TPSA) is 45.8 Å². The lowest BCUT2D eigenvalue weighted by Crippen LogP contribution is -2.08. The summed E-state index contributed by atoms with van der Waals surface area (Å²) in [5.74, 6) is -0.321. The van der Waals surface area contributed by atoms with Gasteiger partial charge in [0, 0.05) is 18.0 Å². The third kappa shape index (κ3) is 1.91. The van der Waals surface area contributed by atoms with E-state index in [1.165, 1.54) is 12.1 Å². The van der Waals surface area contributed by atoms with E-state index in [0.717, 1.165) is 5.52 Å². The number of hydrogen-bond acceptors (Lipinski definition) is 2. The molecular weight excluding hydrogens is 243 g/mol. The molecule has 0 amide bonds. The van der Waals surface area contributed by atoms with Gasteiger partial charge in [-0.1, -0.05) is 12.1 Å². The molecular formula is C15H11FN2O. The van der Waals surface area contributed by atoms with Crippen LogP contribution in [0.2, 0.25) is 0 Å². The van der Waals surface area contributed by atoms with Gasteiger partial charge in [0.1, 0.15) is 5.82 Å². The zero-order valence-electron chi connectivity index (χ0n) is 10.3. The highest BCUT2D eigenvalue weighted by Crippen LogP contribution is 2.18. The summed E-state index contributed by atoms with van der Waals surface area (Å²) in [6.07, 6.45) is 3.31. The third-order valence-electron chi connectivity index (χ3n) is 3.14. The normalized spacial score (nSPS) is 10.8. The maximum absolute atomic E-state index is 12.9. The number of nitrogens with one attached hydrogen (secondary N) is 1. The molecule has 1 N–H and O–H groups in total. The fourth-order valence-corrected chi connectivity index (χ4v) is 2.17. The number of aromatic amines is 1. The first-order valence-electron chi connectivity index (χ1n) is 5.90. The number of fused-ring (bicyclic) bond motifs is 1. The SMILES string of the molecule is Cc1nccc2[nH]cc(-c3ccc(F)cc3)c(=O)c12. The lowest BCUT2D eigenvalue weighted by atomic mass is 10.0. The average Bonchev–Trinajstić information content (AvgIpc) is 2.40. The summed E-state index contributed by atoms with van der Waals surface area (Å²) in [6.45, 7) is 1.80. The molecule has 4 heteroatoms. The molecule has 0 saturated carbocycles. The maximum atomic E-state index is 12.9. The van der Waals surface area contributed by atoms with E-state index in [9.17, 15) is 9.18 Å². The van der Waals surface area contributed by atoms with Crippen LogP contribution in [0.5, 0.6) is 0 Å². The Hall–Kier alpha value is -2.49. The Bertz CT molecular complexity index is 806. The standard InChI is InChI=1S/C15H11FN2O/c1-9-14-13(6-7-17-9)18-8-12(15(14)19)10-2-4-11(16)5-3-10/h2-8H,1H3,(H,18,19). The van der Waals surface area contributed by atoms with Crippen LogP contribution in [0, 0.1) is 12.7 Å². The Morgan fingerprint density at radius 2 is 1.89 bits per heavy atom. The molecule has 3 rings (SSSR count). The lowest BCUT2D eigenvalue weighted by Gasteiger charge is -2.05. The summed E-state index contributed by atoms with van der Waals surface area (Å²) in [7, 11) is 0. The van der Waals surface area contributed by atoms with Crippen LogP contribution in [-0.2, 0) is 0 Å². The third-order valence-corrected chi connectivity index (χ3v) is 3.14. The smallest absolute Gasteiger partial charge is 0.199 e. The van der Waals surface area contributed by atoms with Gasteiger partial charge in [-0.25, -0.2) is 4.39 Å². The van der Waals surface area contributed by atoms with Gasteiger partial charge in [-0.3, -0.25) is 9.78 Å². The van der Waals surface area contributed by atoms with Crippen LogP contribution >= 0.6 is 0 Å². The van der Waals surface area contributed by atoms with Gasteiger partial charge in [0.2, 0.25) is 0 Å². The number of hydrogen-bond donors (Lipinski definition) is 1. The first kappa shape index (κ1) is 11.6. The minimum absolute atomic E-state index is 0.0917. The van der Waals surface area contributed by atoms with Crippen molar-refractivity contribution in [3.05, 3.63) is 64.5 Å². The fourth-order valence-electron chi connectivity index (χ4n) is 2.17. The minimum Gasteiger partial charge on any atom is -0.360 e. The van der Waals surface area contributed by atoms with Crippen molar-refractivity contribution in [1.29, 1.82) is 0 Å². The molecule has 3 aromatic rings. The molecule has 0 fully saturated rings. The van der Waals surface area contributed by atoms with Crippen LogP contribution in [0.4, 0.5) is 4.39 Å².